The van der Waals surface area contributed by atoms with Gasteiger partial charge in [-0.3, -0.25) is 0 Å². The summed E-state index contributed by atoms with van der Waals surface area (Å²) in [6.07, 6.45) is 4.73. The summed E-state index contributed by atoms with van der Waals surface area (Å²) in [6.45, 7) is 3.24. The lowest BCUT2D eigenvalue weighted by Crippen LogP contribution is -2.30. The Kier molecular flexibility index (Phi) is 6.58. The van der Waals surface area contributed by atoms with Crippen molar-refractivity contribution in [3.05, 3.63) is 27.8 Å². The minimum Gasteiger partial charge on any atom is -0.389 e. The molecule has 0 aromatic heterocycles. The van der Waals surface area contributed by atoms with Crippen LogP contribution in [0.5, 0.6) is 0 Å². The van der Waals surface area contributed by atoms with Crippen molar-refractivity contribution in [2.75, 3.05) is 18.5 Å². The molecule has 2 N–H and O–H groups in total. The number of hydrogen-bond donors (Lipinski definition) is 2. The van der Waals surface area contributed by atoms with Crippen LogP contribution in [0.3, 0.4) is 0 Å². The zero-order valence-electron chi connectivity index (χ0n) is 12.0. The molecule has 3 nitrogen and oxygen atoms in total. The van der Waals surface area contributed by atoms with E-state index in [0.717, 1.165) is 24.4 Å². The third-order valence-corrected chi connectivity index (χ3v) is 4.52. The van der Waals surface area contributed by atoms with Crippen LogP contribution in [-0.2, 0) is 4.74 Å². The van der Waals surface area contributed by atoms with Crippen LogP contribution in [0.1, 0.15) is 32.6 Å². The first kappa shape index (κ1) is 16.0. The van der Waals surface area contributed by atoms with Gasteiger partial charge < -0.3 is 15.2 Å². The monoisotopic (exact) mass is 389 g/mol. The van der Waals surface area contributed by atoms with Gasteiger partial charge in [-0.05, 0) is 65.6 Å². The van der Waals surface area contributed by atoms with Gasteiger partial charge in [-0.25, -0.2) is 0 Å². The molecule has 3 unspecified atom stereocenters. The highest BCUT2D eigenvalue weighted by Crippen LogP contribution is 2.25. The van der Waals surface area contributed by atoms with Crippen LogP contribution in [-0.4, -0.2) is 30.5 Å². The first-order chi connectivity index (χ1) is 9.63. The molecule has 0 saturated heterocycles. The van der Waals surface area contributed by atoms with Crippen LogP contribution in [0.4, 0.5) is 5.69 Å². The standard InChI is InChI=1S/C16H24INO2/c1-12-3-2-4-16(9-12)20-11-15(19)10-18-14-7-5-13(17)6-8-14/h5-8,12,15-16,18-19H,2-4,9-11H2,1H3. The van der Waals surface area contributed by atoms with Crippen LogP contribution >= 0.6 is 22.6 Å². The summed E-state index contributed by atoms with van der Waals surface area (Å²) in [6, 6.07) is 8.15. The third-order valence-electron chi connectivity index (χ3n) is 3.80. The van der Waals surface area contributed by atoms with Crippen LogP contribution in [0.2, 0.25) is 0 Å². The normalized spacial score (nSPS) is 24.4. The van der Waals surface area contributed by atoms with Gasteiger partial charge in [0.05, 0.1) is 18.8 Å². The molecule has 1 aliphatic carbocycles. The number of ether oxygens (including phenoxy) is 1. The molecule has 1 saturated carbocycles. The number of benzene rings is 1. The fourth-order valence-electron chi connectivity index (χ4n) is 2.64. The molecular weight excluding hydrogens is 365 g/mol. The zero-order chi connectivity index (χ0) is 14.4. The van der Waals surface area contributed by atoms with Crippen LogP contribution < -0.4 is 5.32 Å². The lowest BCUT2D eigenvalue weighted by molar-refractivity contribution is -0.0274. The molecule has 1 aromatic carbocycles. The van der Waals surface area contributed by atoms with Crippen LogP contribution in [0.25, 0.3) is 0 Å². The Balaban J connectivity index is 1.65. The van der Waals surface area contributed by atoms with E-state index in [1.165, 1.54) is 16.4 Å². The lowest BCUT2D eigenvalue weighted by Gasteiger charge is -2.27. The van der Waals surface area contributed by atoms with Crippen molar-refractivity contribution in [1.29, 1.82) is 0 Å². The van der Waals surface area contributed by atoms with Crippen molar-refractivity contribution in [1.82, 2.24) is 0 Å². The van der Waals surface area contributed by atoms with Gasteiger partial charge in [-0.1, -0.05) is 19.8 Å². The van der Waals surface area contributed by atoms with Crippen molar-refractivity contribution >= 4 is 28.3 Å². The van der Waals surface area contributed by atoms with E-state index in [4.69, 9.17) is 4.74 Å². The van der Waals surface area contributed by atoms with Gasteiger partial charge in [-0.2, -0.15) is 0 Å². The second-order valence-corrected chi connectivity index (χ2v) is 7.01. The van der Waals surface area contributed by atoms with E-state index in [-0.39, 0.29) is 0 Å². The molecule has 0 radical (unpaired) electrons. The Hall–Kier alpha value is -0.330. The maximum absolute atomic E-state index is 9.97. The van der Waals surface area contributed by atoms with Crippen molar-refractivity contribution in [3.63, 3.8) is 0 Å². The Morgan fingerprint density at radius 1 is 1.35 bits per heavy atom. The number of aliphatic hydroxyl groups is 1. The van der Waals surface area contributed by atoms with Gasteiger partial charge in [0, 0.05) is 15.8 Å². The number of halogens is 1. The van der Waals surface area contributed by atoms with Crippen molar-refractivity contribution in [2.24, 2.45) is 5.92 Å². The number of nitrogens with one attached hydrogen (secondary N) is 1. The van der Waals surface area contributed by atoms with Gasteiger partial charge in [0.2, 0.25) is 0 Å². The molecule has 0 amide bonds. The van der Waals surface area contributed by atoms with E-state index in [0.29, 0.717) is 19.3 Å². The minimum absolute atomic E-state index is 0.340. The Morgan fingerprint density at radius 2 is 2.10 bits per heavy atom. The average molecular weight is 389 g/mol. The summed E-state index contributed by atoms with van der Waals surface area (Å²) in [7, 11) is 0. The Morgan fingerprint density at radius 3 is 2.80 bits per heavy atom. The summed E-state index contributed by atoms with van der Waals surface area (Å²) in [5.74, 6) is 0.760. The molecule has 20 heavy (non-hydrogen) atoms. The quantitative estimate of drug-likeness (QED) is 0.730. The fourth-order valence-corrected chi connectivity index (χ4v) is 3.00. The maximum Gasteiger partial charge on any atom is 0.0945 e. The average Bonchev–Trinajstić information content (AvgIpc) is 2.45. The molecule has 0 aliphatic heterocycles. The molecule has 112 valence electrons. The van der Waals surface area contributed by atoms with Gasteiger partial charge in [-0.15, -0.1) is 0 Å². The predicted octanol–water partition coefficient (Wildman–Crippen LogP) is 3.66. The van der Waals surface area contributed by atoms with Crippen molar-refractivity contribution < 1.29 is 9.84 Å². The molecule has 0 spiro atoms. The van der Waals surface area contributed by atoms with E-state index in [1.54, 1.807) is 0 Å². The molecule has 1 aromatic rings. The van der Waals surface area contributed by atoms with Crippen molar-refractivity contribution in [2.45, 2.75) is 44.8 Å². The second kappa shape index (κ2) is 8.20. The largest absolute Gasteiger partial charge is 0.389 e. The maximum atomic E-state index is 9.97. The fraction of sp³-hybridized carbons (Fsp3) is 0.625. The molecule has 0 bridgehead atoms. The molecule has 2 rings (SSSR count). The van der Waals surface area contributed by atoms with Crippen LogP contribution in [0.15, 0.2) is 24.3 Å². The lowest BCUT2D eigenvalue weighted by atomic mass is 9.89. The molecule has 3 atom stereocenters. The number of rotatable bonds is 6. The summed E-state index contributed by atoms with van der Waals surface area (Å²) in [5, 5.41) is 13.2. The predicted molar refractivity (Wildman–Crippen MR) is 91.0 cm³/mol. The first-order valence-electron chi connectivity index (χ1n) is 7.42. The summed E-state index contributed by atoms with van der Waals surface area (Å²) < 4.78 is 7.04. The smallest absolute Gasteiger partial charge is 0.0945 e. The van der Waals surface area contributed by atoms with Gasteiger partial charge in [0.1, 0.15) is 0 Å². The van der Waals surface area contributed by atoms with E-state index >= 15 is 0 Å². The summed E-state index contributed by atoms with van der Waals surface area (Å²) in [5.41, 5.74) is 1.04. The van der Waals surface area contributed by atoms with E-state index in [9.17, 15) is 5.11 Å². The first-order valence-corrected chi connectivity index (χ1v) is 8.50. The molecule has 1 aliphatic rings. The SMILES string of the molecule is CC1CCCC(OCC(O)CNc2ccc(I)cc2)C1. The van der Waals surface area contributed by atoms with Crippen molar-refractivity contribution in [3.8, 4) is 0 Å². The highest BCUT2D eigenvalue weighted by atomic mass is 127. The molecule has 4 heteroatoms. The van der Waals surface area contributed by atoms with Gasteiger partial charge in [0.15, 0.2) is 0 Å². The summed E-state index contributed by atoms with van der Waals surface area (Å²) >= 11 is 2.28. The number of aliphatic hydroxyl groups excluding tert-OH is 1. The van der Waals surface area contributed by atoms with E-state index in [2.05, 4.69) is 47.0 Å². The van der Waals surface area contributed by atoms with Gasteiger partial charge >= 0.3 is 0 Å². The molecule has 1 fully saturated rings. The zero-order valence-corrected chi connectivity index (χ0v) is 14.2. The van der Waals surface area contributed by atoms with Crippen LogP contribution in [0, 0.1) is 9.49 Å². The topological polar surface area (TPSA) is 41.5 Å². The minimum atomic E-state index is -0.452. The Labute approximate surface area is 135 Å². The van der Waals surface area contributed by atoms with E-state index < -0.39 is 6.10 Å². The number of hydrogen-bond acceptors (Lipinski definition) is 3. The highest BCUT2D eigenvalue weighted by molar-refractivity contribution is 14.1. The number of anilines is 1. The molecular formula is C16H24INO2. The molecule has 0 heterocycles. The summed E-state index contributed by atoms with van der Waals surface area (Å²) in [4.78, 5) is 0. The second-order valence-electron chi connectivity index (χ2n) is 5.77. The highest BCUT2D eigenvalue weighted by Gasteiger charge is 2.20. The Bertz CT molecular complexity index is 396. The third kappa shape index (κ3) is 5.58. The van der Waals surface area contributed by atoms with E-state index in [1.807, 2.05) is 12.1 Å². The van der Waals surface area contributed by atoms with Gasteiger partial charge in [0.25, 0.3) is 0 Å².